The van der Waals surface area contributed by atoms with Gasteiger partial charge in [0, 0.05) is 0 Å². The summed E-state index contributed by atoms with van der Waals surface area (Å²) in [6, 6.07) is 4.18. The number of nitrogens with two attached hydrogens (primary N) is 1. The van der Waals surface area contributed by atoms with Crippen molar-refractivity contribution in [2.45, 2.75) is 0 Å². The maximum Gasteiger partial charge on any atom is 0.337 e. The molecule has 0 aliphatic carbocycles. The zero-order chi connectivity index (χ0) is 14.7. The van der Waals surface area contributed by atoms with Gasteiger partial charge in [0.25, 0.3) is 5.91 Å². The number of methoxy groups -OCH3 is 1. The molecule has 1 aromatic heterocycles. The molecule has 104 valence electrons. The van der Waals surface area contributed by atoms with Gasteiger partial charge in [-0.25, -0.2) is 9.42 Å². The first-order chi connectivity index (χ1) is 9.52. The summed E-state index contributed by atoms with van der Waals surface area (Å²) in [5.74, 6) is -1.78. The molecule has 20 heavy (non-hydrogen) atoms. The number of carbonyl (C=O) groups excluding carboxylic acids is 1. The van der Waals surface area contributed by atoms with Crippen LogP contribution in [0.25, 0.3) is 0 Å². The molecule has 0 aliphatic rings. The van der Waals surface area contributed by atoms with E-state index in [0.717, 1.165) is 0 Å². The number of anilines is 2. The summed E-state index contributed by atoms with van der Waals surface area (Å²) >= 11 is 0. The van der Waals surface area contributed by atoms with Crippen molar-refractivity contribution in [2.75, 3.05) is 18.2 Å². The summed E-state index contributed by atoms with van der Waals surface area (Å²) in [6.45, 7) is 0. The molecule has 9 nitrogen and oxygen atoms in total. The number of benzene rings is 1. The van der Waals surface area contributed by atoms with Gasteiger partial charge in [-0.15, -0.1) is 0 Å². The van der Waals surface area contributed by atoms with Crippen molar-refractivity contribution >= 4 is 23.4 Å². The predicted octanol–water partition coefficient (Wildman–Crippen LogP) is 0.611. The van der Waals surface area contributed by atoms with Gasteiger partial charge < -0.3 is 20.9 Å². The van der Waals surface area contributed by atoms with Gasteiger partial charge in [0.2, 0.25) is 11.5 Å². The highest BCUT2D eigenvalue weighted by molar-refractivity contribution is 6.08. The van der Waals surface area contributed by atoms with E-state index in [2.05, 4.69) is 20.3 Å². The largest absolute Gasteiger partial charge is 0.497 e. The SMILES string of the molecule is COc1ccc(NC(=O)c2nonc2N)c(C(=O)O)c1. The molecule has 2 aromatic rings. The maximum atomic E-state index is 11.8. The Labute approximate surface area is 112 Å². The van der Waals surface area contributed by atoms with Crippen LogP contribution in [0.1, 0.15) is 20.8 Å². The molecule has 0 saturated heterocycles. The maximum absolute atomic E-state index is 11.8. The molecular formula is C11H10N4O5. The van der Waals surface area contributed by atoms with Crippen LogP contribution in [0.4, 0.5) is 11.5 Å². The number of carbonyl (C=O) groups is 2. The van der Waals surface area contributed by atoms with Crippen molar-refractivity contribution in [2.24, 2.45) is 0 Å². The second-order valence-corrected chi connectivity index (χ2v) is 3.67. The van der Waals surface area contributed by atoms with Crippen LogP contribution in [0.3, 0.4) is 0 Å². The van der Waals surface area contributed by atoms with Gasteiger partial charge in [-0.2, -0.15) is 0 Å². The van der Waals surface area contributed by atoms with Gasteiger partial charge in [-0.3, -0.25) is 4.79 Å². The Balaban J connectivity index is 2.32. The number of hydrogen-bond acceptors (Lipinski definition) is 7. The lowest BCUT2D eigenvalue weighted by molar-refractivity contribution is 0.0697. The normalized spacial score (nSPS) is 10.1. The van der Waals surface area contributed by atoms with Gasteiger partial charge in [-0.05, 0) is 28.5 Å². The Hall–Kier alpha value is -3.10. The Bertz CT molecular complexity index is 667. The third-order valence-corrected chi connectivity index (χ3v) is 2.43. The summed E-state index contributed by atoms with van der Waals surface area (Å²) in [5, 5.41) is 18.1. The zero-order valence-corrected chi connectivity index (χ0v) is 10.3. The summed E-state index contributed by atoms with van der Waals surface area (Å²) in [7, 11) is 1.40. The molecule has 1 aromatic carbocycles. The molecule has 0 unspecified atom stereocenters. The van der Waals surface area contributed by atoms with E-state index in [1.54, 1.807) is 0 Å². The standard InChI is InChI=1S/C11H10N4O5/c1-19-5-2-3-7(6(4-5)11(17)18)13-10(16)8-9(12)15-20-14-8/h2-4H,1H3,(H2,12,15)(H,13,16)(H,17,18). The number of aromatic nitrogens is 2. The van der Waals surface area contributed by atoms with Crippen LogP contribution in [0.2, 0.25) is 0 Å². The molecule has 0 bridgehead atoms. The van der Waals surface area contributed by atoms with E-state index in [1.807, 2.05) is 0 Å². The third kappa shape index (κ3) is 2.51. The van der Waals surface area contributed by atoms with E-state index in [1.165, 1.54) is 25.3 Å². The number of aromatic carboxylic acids is 1. The van der Waals surface area contributed by atoms with E-state index >= 15 is 0 Å². The van der Waals surface area contributed by atoms with E-state index < -0.39 is 11.9 Å². The lowest BCUT2D eigenvalue weighted by Gasteiger charge is -2.08. The highest BCUT2D eigenvalue weighted by atomic mass is 16.6. The highest BCUT2D eigenvalue weighted by Crippen LogP contribution is 2.23. The van der Waals surface area contributed by atoms with E-state index in [4.69, 9.17) is 15.6 Å². The molecule has 1 amide bonds. The quantitative estimate of drug-likeness (QED) is 0.738. The van der Waals surface area contributed by atoms with Crippen LogP contribution in [0.15, 0.2) is 22.8 Å². The number of ether oxygens (including phenoxy) is 1. The van der Waals surface area contributed by atoms with Crippen LogP contribution in [0.5, 0.6) is 5.75 Å². The molecule has 0 atom stereocenters. The molecule has 9 heteroatoms. The second kappa shape index (κ2) is 5.26. The number of amides is 1. The fourth-order valence-corrected chi connectivity index (χ4v) is 1.47. The van der Waals surface area contributed by atoms with Gasteiger partial charge >= 0.3 is 5.97 Å². The van der Waals surface area contributed by atoms with Crippen molar-refractivity contribution < 1.29 is 24.1 Å². The summed E-state index contributed by atoms with van der Waals surface area (Å²) in [6.07, 6.45) is 0. The molecule has 0 fully saturated rings. The first-order valence-electron chi connectivity index (χ1n) is 5.33. The van der Waals surface area contributed by atoms with Crippen molar-refractivity contribution in [1.82, 2.24) is 10.3 Å². The predicted molar refractivity (Wildman–Crippen MR) is 66.6 cm³/mol. The minimum absolute atomic E-state index is 0.0747. The van der Waals surface area contributed by atoms with Crippen LogP contribution >= 0.6 is 0 Å². The molecule has 1 heterocycles. The number of nitrogens with one attached hydrogen (secondary N) is 1. The number of hydrogen-bond donors (Lipinski definition) is 3. The third-order valence-electron chi connectivity index (χ3n) is 2.43. The fraction of sp³-hybridized carbons (Fsp3) is 0.0909. The summed E-state index contributed by atoms with van der Waals surface area (Å²) < 4.78 is 9.22. The number of rotatable bonds is 4. The number of carboxylic acid groups (broad SMARTS) is 1. The van der Waals surface area contributed by atoms with Crippen molar-refractivity contribution in [3.63, 3.8) is 0 Å². The number of nitrogen functional groups attached to an aromatic ring is 1. The first-order valence-corrected chi connectivity index (χ1v) is 5.33. The van der Waals surface area contributed by atoms with Crippen LogP contribution in [0, 0.1) is 0 Å². The monoisotopic (exact) mass is 278 g/mol. The summed E-state index contributed by atoms with van der Waals surface area (Å²) in [5.41, 5.74) is 5.09. The van der Waals surface area contributed by atoms with Crippen LogP contribution < -0.4 is 15.8 Å². The number of carboxylic acids is 1. The molecule has 2 rings (SSSR count). The molecule has 0 saturated carbocycles. The minimum Gasteiger partial charge on any atom is -0.497 e. The number of nitrogens with zero attached hydrogens (tertiary/aromatic N) is 2. The Morgan fingerprint density at radius 3 is 2.70 bits per heavy atom. The fourth-order valence-electron chi connectivity index (χ4n) is 1.47. The van der Waals surface area contributed by atoms with Gasteiger partial charge in [0.05, 0.1) is 18.4 Å². The average Bonchev–Trinajstić information content (AvgIpc) is 2.85. The Kier molecular flexibility index (Phi) is 3.51. The second-order valence-electron chi connectivity index (χ2n) is 3.67. The van der Waals surface area contributed by atoms with Gasteiger partial charge in [-0.1, -0.05) is 0 Å². The van der Waals surface area contributed by atoms with Crippen molar-refractivity contribution in [3.8, 4) is 5.75 Å². The van der Waals surface area contributed by atoms with Crippen molar-refractivity contribution in [3.05, 3.63) is 29.5 Å². The molecule has 0 radical (unpaired) electrons. The lowest BCUT2D eigenvalue weighted by atomic mass is 10.1. The summed E-state index contributed by atoms with van der Waals surface area (Å²) in [4.78, 5) is 23.0. The van der Waals surface area contributed by atoms with Crippen molar-refractivity contribution in [1.29, 1.82) is 0 Å². The smallest absolute Gasteiger partial charge is 0.337 e. The minimum atomic E-state index is -1.22. The highest BCUT2D eigenvalue weighted by Gasteiger charge is 2.19. The lowest BCUT2D eigenvalue weighted by Crippen LogP contribution is -2.16. The Morgan fingerprint density at radius 2 is 2.15 bits per heavy atom. The zero-order valence-electron chi connectivity index (χ0n) is 10.3. The van der Waals surface area contributed by atoms with E-state index in [9.17, 15) is 9.59 Å². The molecule has 0 spiro atoms. The molecule has 4 N–H and O–H groups in total. The van der Waals surface area contributed by atoms with E-state index in [-0.39, 0.29) is 22.8 Å². The van der Waals surface area contributed by atoms with Gasteiger partial charge in [0.15, 0.2) is 0 Å². The van der Waals surface area contributed by atoms with Gasteiger partial charge in [0.1, 0.15) is 5.75 Å². The molecule has 0 aliphatic heterocycles. The first kappa shape index (κ1) is 13.3. The van der Waals surface area contributed by atoms with Crippen LogP contribution in [-0.4, -0.2) is 34.4 Å². The molecular weight excluding hydrogens is 268 g/mol. The van der Waals surface area contributed by atoms with Crippen LogP contribution in [-0.2, 0) is 0 Å². The Morgan fingerprint density at radius 1 is 1.40 bits per heavy atom. The topological polar surface area (TPSA) is 141 Å². The average molecular weight is 278 g/mol. The van der Waals surface area contributed by atoms with E-state index in [0.29, 0.717) is 5.75 Å².